The minimum absolute atomic E-state index is 0.354. The Kier molecular flexibility index (Phi) is 7.31. The van der Waals surface area contributed by atoms with E-state index in [9.17, 15) is 0 Å². The van der Waals surface area contributed by atoms with Crippen LogP contribution in [0.4, 0.5) is 5.82 Å². The summed E-state index contributed by atoms with van der Waals surface area (Å²) in [7, 11) is 0. The molecule has 1 aliphatic carbocycles. The maximum atomic E-state index is 4.95. The number of anilines is 1. The predicted molar refractivity (Wildman–Crippen MR) is 146 cm³/mol. The normalized spacial score (nSPS) is 18.8. The van der Waals surface area contributed by atoms with Crippen LogP contribution in [0.3, 0.4) is 0 Å². The van der Waals surface area contributed by atoms with Gasteiger partial charge in [-0.15, -0.1) is 10.2 Å². The average molecular weight is 452 g/mol. The van der Waals surface area contributed by atoms with Gasteiger partial charge in [-0.3, -0.25) is 0 Å². The van der Waals surface area contributed by atoms with Gasteiger partial charge in [-0.25, -0.2) is 0 Å². The minimum atomic E-state index is 0.354. The van der Waals surface area contributed by atoms with Crippen LogP contribution in [0.25, 0.3) is 17.3 Å². The molecule has 1 saturated carbocycles. The first-order valence-corrected chi connectivity index (χ1v) is 12.5. The zero-order valence-corrected chi connectivity index (χ0v) is 21.1. The summed E-state index contributed by atoms with van der Waals surface area (Å²) < 4.78 is 0. The van der Waals surface area contributed by atoms with Gasteiger partial charge in [0.25, 0.3) is 0 Å². The van der Waals surface area contributed by atoms with E-state index in [1.807, 2.05) is 18.2 Å². The largest absolute Gasteiger partial charge is 0.347 e. The highest BCUT2D eigenvalue weighted by Gasteiger charge is 2.41. The van der Waals surface area contributed by atoms with E-state index in [0.29, 0.717) is 12.0 Å². The van der Waals surface area contributed by atoms with E-state index >= 15 is 0 Å². The SMILES string of the molecule is C=C/C=C\C1=C(C)CCN(c2nnc(-c3c(C)cccc3C)c(/C=C\C=C)c2CC)C1C1CC1. The van der Waals surface area contributed by atoms with Gasteiger partial charge in [0.15, 0.2) is 5.82 Å². The van der Waals surface area contributed by atoms with Gasteiger partial charge >= 0.3 is 0 Å². The Morgan fingerprint density at radius 1 is 1.00 bits per heavy atom. The van der Waals surface area contributed by atoms with Crippen LogP contribution in [0.2, 0.25) is 0 Å². The van der Waals surface area contributed by atoms with Crippen LogP contribution in [0, 0.1) is 19.8 Å². The summed E-state index contributed by atoms with van der Waals surface area (Å²) in [4.78, 5) is 2.54. The Balaban J connectivity index is 1.91. The topological polar surface area (TPSA) is 29.0 Å². The van der Waals surface area contributed by atoms with Crippen molar-refractivity contribution in [3.05, 3.63) is 95.1 Å². The molecule has 1 aromatic carbocycles. The molecule has 4 rings (SSSR count). The first-order chi connectivity index (χ1) is 16.5. The van der Waals surface area contributed by atoms with Crippen LogP contribution >= 0.6 is 0 Å². The lowest BCUT2D eigenvalue weighted by atomic mass is 9.88. The Bertz CT molecular complexity index is 1160. The summed E-state index contributed by atoms with van der Waals surface area (Å²) >= 11 is 0. The lowest BCUT2D eigenvalue weighted by Gasteiger charge is -2.40. The zero-order chi connectivity index (χ0) is 24.2. The van der Waals surface area contributed by atoms with Gasteiger partial charge in [-0.05, 0) is 69.1 Å². The number of allylic oxidation sites excluding steroid dienone is 4. The smallest absolute Gasteiger partial charge is 0.155 e. The van der Waals surface area contributed by atoms with Crippen molar-refractivity contribution in [2.75, 3.05) is 11.4 Å². The van der Waals surface area contributed by atoms with Crippen LogP contribution < -0.4 is 4.90 Å². The number of rotatable bonds is 8. The molecule has 1 fully saturated rings. The van der Waals surface area contributed by atoms with Crippen molar-refractivity contribution in [3.63, 3.8) is 0 Å². The fourth-order valence-corrected chi connectivity index (χ4v) is 5.33. The fraction of sp³-hybridized carbons (Fsp3) is 0.355. The van der Waals surface area contributed by atoms with E-state index in [1.165, 1.54) is 46.2 Å². The van der Waals surface area contributed by atoms with Crippen molar-refractivity contribution in [1.29, 1.82) is 0 Å². The molecule has 0 amide bonds. The van der Waals surface area contributed by atoms with Crippen LogP contribution in [0.5, 0.6) is 0 Å². The van der Waals surface area contributed by atoms with E-state index in [4.69, 9.17) is 10.2 Å². The molecule has 0 radical (unpaired) electrons. The van der Waals surface area contributed by atoms with Crippen molar-refractivity contribution in [1.82, 2.24) is 10.2 Å². The van der Waals surface area contributed by atoms with Gasteiger partial charge in [0.05, 0.1) is 6.04 Å². The molecule has 1 aromatic heterocycles. The maximum absolute atomic E-state index is 4.95. The highest BCUT2D eigenvalue weighted by Crippen LogP contribution is 2.45. The van der Waals surface area contributed by atoms with Crippen LogP contribution in [0.15, 0.2) is 72.9 Å². The predicted octanol–water partition coefficient (Wildman–Crippen LogP) is 7.57. The number of hydrogen-bond donors (Lipinski definition) is 0. The van der Waals surface area contributed by atoms with Crippen molar-refractivity contribution >= 4 is 11.9 Å². The second kappa shape index (κ2) is 10.4. The van der Waals surface area contributed by atoms with E-state index in [-0.39, 0.29) is 0 Å². The van der Waals surface area contributed by atoms with Gasteiger partial charge in [-0.1, -0.05) is 80.3 Å². The average Bonchev–Trinajstić information content (AvgIpc) is 3.67. The first-order valence-electron chi connectivity index (χ1n) is 12.5. The summed E-state index contributed by atoms with van der Waals surface area (Å²) in [6, 6.07) is 6.78. The number of aromatic nitrogens is 2. The molecule has 1 unspecified atom stereocenters. The van der Waals surface area contributed by atoms with Gasteiger partial charge in [-0.2, -0.15) is 0 Å². The Morgan fingerprint density at radius 2 is 1.68 bits per heavy atom. The summed E-state index contributed by atoms with van der Waals surface area (Å²) in [5.74, 6) is 1.71. The molecule has 3 heteroatoms. The minimum Gasteiger partial charge on any atom is -0.347 e. The lowest BCUT2D eigenvalue weighted by Crippen LogP contribution is -2.43. The number of aryl methyl sites for hydroxylation is 2. The summed E-state index contributed by atoms with van der Waals surface area (Å²) in [5.41, 5.74) is 9.94. The molecule has 0 spiro atoms. The monoisotopic (exact) mass is 451 g/mol. The van der Waals surface area contributed by atoms with E-state index in [2.05, 4.69) is 82.2 Å². The maximum Gasteiger partial charge on any atom is 0.155 e. The molecular formula is C31H37N3. The molecule has 176 valence electrons. The van der Waals surface area contributed by atoms with Crippen LogP contribution in [-0.2, 0) is 6.42 Å². The van der Waals surface area contributed by atoms with Crippen LogP contribution in [0.1, 0.15) is 55.4 Å². The highest BCUT2D eigenvalue weighted by molar-refractivity contribution is 5.80. The molecular weight excluding hydrogens is 414 g/mol. The van der Waals surface area contributed by atoms with E-state index in [1.54, 1.807) is 0 Å². The number of hydrogen-bond acceptors (Lipinski definition) is 3. The molecule has 0 saturated heterocycles. The quantitative estimate of drug-likeness (QED) is 0.388. The summed E-state index contributed by atoms with van der Waals surface area (Å²) in [6.45, 7) is 17.6. The van der Waals surface area contributed by atoms with Crippen molar-refractivity contribution < 1.29 is 0 Å². The standard InChI is InChI=1S/C31H37N3/c1-7-10-15-26-21(4)19-20-34(30(26)24-17-18-24)31-25(9-3)27(16-11-8-2)29(32-33-31)28-22(5)13-12-14-23(28)6/h7-8,10-16,24,30H,1-2,9,17-20H2,3-6H3/b15-10-,16-11-. The van der Waals surface area contributed by atoms with Gasteiger partial charge < -0.3 is 4.90 Å². The molecule has 3 nitrogen and oxygen atoms in total. The van der Waals surface area contributed by atoms with Crippen molar-refractivity contribution in [3.8, 4) is 11.3 Å². The molecule has 34 heavy (non-hydrogen) atoms. The molecule has 2 aromatic rings. The second-order valence-corrected chi connectivity index (χ2v) is 9.54. The van der Waals surface area contributed by atoms with E-state index < -0.39 is 0 Å². The molecule has 0 N–H and O–H groups in total. The zero-order valence-electron chi connectivity index (χ0n) is 21.1. The summed E-state index contributed by atoms with van der Waals surface area (Å²) in [6.07, 6.45) is 16.7. The van der Waals surface area contributed by atoms with Crippen molar-refractivity contribution in [2.45, 2.75) is 59.4 Å². The Labute approximate surface area is 205 Å². The fourth-order valence-electron chi connectivity index (χ4n) is 5.33. The molecule has 0 bridgehead atoms. The van der Waals surface area contributed by atoms with E-state index in [0.717, 1.165) is 36.5 Å². The molecule has 2 heterocycles. The summed E-state index contributed by atoms with van der Waals surface area (Å²) in [5, 5.41) is 9.85. The van der Waals surface area contributed by atoms with Gasteiger partial charge in [0.2, 0.25) is 0 Å². The number of nitrogens with zero attached hydrogens (tertiary/aromatic N) is 3. The van der Waals surface area contributed by atoms with Gasteiger partial charge in [0, 0.05) is 23.2 Å². The third-order valence-corrected chi connectivity index (χ3v) is 7.19. The Hall–Kier alpha value is -3.20. The molecule has 1 atom stereocenters. The third kappa shape index (κ3) is 4.57. The molecule has 1 aliphatic heterocycles. The lowest BCUT2D eigenvalue weighted by molar-refractivity contribution is 0.558. The van der Waals surface area contributed by atoms with Gasteiger partial charge in [0.1, 0.15) is 5.69 Å². The number of benzene rings is 1. The third-order valence-electron chi connectivity index (χ3n) is 7.19. The Morgan fingerprint density at radius 3 is 2.29 bits per heavy atom. The van der Waals surface area contributed by atoms with Crippen LogP contribution in [-0.4, -0.2) is 22.8 Å². The molecule has 2 aliphatic rings. The first kappa shape index (κ1) is 23.9. The second-order valence-electron chi connectivity index (χ2n) is 9.54. The highest BCUT2D eigenvalue weighted by atomic mass is 15.3. The van der Waals surface area contributed by atoms with Crippen molar-refractivity contribution in [2.24, 2.45) is 5.92 Å².